The van der Waals surface area contributed by atoms with Crippen molar-refractivity contribution in [3.05, 3.63) is 55.2 Å². The first kappa shape index (κ1) is 17.8. The first-order valence-electron chi connectivity index (χ1n) is 6.44. The molecule has 0 unspecified atom stereocenters. The summed E-state index contributed by atoms with van der Waals surface area (Å²) in [5.74, 6) is -0.616. The smallest absolute Gasteiger partial charge is 0.416 e. The summed E-state index contributed by atoms with van der Waals surface area (Å²) in [6, 6.07) is 2.52. The van der Waals surface area contributed by atoms with Gasteiger partial charge in [0.15, 0.2) is 0 Å². The van der Waals surface area contributed by atoms with E-state index in [1.165, 1.54) is 14.1 Å². The fourth-order valence-corrected chi connectivity index (χ4v) is 2.12. The molecule has 0 radical (unpaired) electrons. The summed E-state index contributed by atoms with van der Waals surface area (Å²) >= 11 is 5.75. The number of benzene rings is 1. The van der Waals surface area contributed by atoms with Crippen molar-refractivity contribution < 1.29 is 18.3 Å². The molecule has 0 spiro atoms. The van der Waals surface area contributed by atoms with E-state index in [-0.39, 0.29) is 16.3 Å². The zero-order valence-corrected chi connectivity index (χ0v) is 13.2. The summed E-state index contributed by atoms with van der Waals surface area (Å²) in [6.07, 6.45) is -3.61. The molecule has 0 amide bonds. The van der Waals surface area contributed by atoms with Gasteiger partial charge in [0.2, 0.25) is 5.88 Å². The Bertz CT molecular complexity index is 945. The van der Waals surface area contributed by atoms with E-state index in [1.807, 2.05) is 0 Å². The highest BCUT2D eigenvalue weighted by Crippen LogP contribution is 2.34. The van der Waals surface area contributed by atoms with E-state index in [4.69, 9.17) is 11.6 Å². The summed E-state index contributed by atoms with van der Waals surface area (Å²) < 4.78 is 39.3. The van der Waals surface area contributed by atoms with Crippen LogP contribution >= 0.6 is 11.6 Å². The molecule has 0 fully saturated rings. The maximum atomic E-state index is 12.6. The van der Waals surface area contributed by atoms with Crippen LogP contribution in [-0.2, 0) is 20.3 Å². The van der Waals surface area contributed by atoms with Crippen molar-refractivity contribution in [1.82, 2.24) is 9.13 Å². The molecular formula is C14H11ClF3N3O3. The molecular weight excluding hydrogens is 351 g/mol. The number of halogens is 4. The van der Waals surface area contributed by atoms with Gasteiger partial charge in [-0.3, -0.25) is 18.9 Å². The van der Waals surface area contributed by atoms with Crippen LogP contribution in [0.15, 0.2) is 32.8 Å². The highest BCUT2D eigenvalue weighted by Gasteiger charge is 2.30. The lowest BCUT2D eigenvalue weighted by Crippen LogP contribution is -2.38. The second kappa shape index (κ2) is 6.16. The number of aromatic nitrogens is 2. The minimum absolute atomic E-state index is 0.0278. The zero-order valence-electron chi connectivity index (χ0n) is 12.4. The number of aliphatic imine (C=N–C) groups is 1. The summed E-state index contributed by atoms with van der Waals surface area (Å²) in [7, 11) is 2.46. The molecule has 10 heteroatoms. The van der Waals surface area contributed by atoms with E-state index in [2.05, 4.69) is 4.99 Å². The summed E-state index contributed by atoms with van der Waals surface area (Å²) in [5.41, 5.74) is -2.80. The van der Waals surface area contributed by atoms with Gasteiger partial charge < -0.3 is 5.11 Å². The first-order valence-corrected chi connectivity index (χ1v) is 6.81. The van der Waals surface area contributed by atoms with E-state index in [1.54, 1.807) is 0 Å². The van der Waals surface area contributed by atoms with Crippen LogP contribution in [0, 0.1) is 0 Å². The van der Waals surface area contributed by atoms with Crippen LogP contribution in [0.1, 0.15) is 11.1 Å². The van der Waals surface area contributed by atoms with E-state index in [0.29, 0.717) is 6.07 Å². The van der Waals surface area contributed by atoms with Gasteiger partial charge in [-0.2, -0.15) is 13.2 Å². The Labute approximate surface area is 138 Å². The Morgan fingerprint density at radius 1 is 1.21 bits per heavy atom. The van der Waals surface area contributed by atoms with E-state index < -0.39 is 28.9 Å². The topological polar surface area (TPSA) is 76.6 Å². The van der Waals surface area contributed by atoms with Gasteiger partial charge in [0, 0.05) is 20.3 Å². The van der Waals surface area contributed by atoms with Gasteiger partial charge in [0.05, 0.1) is 16.3 Å². The molecule has 128 valence electrons. The van der Waals surface area contributed by atoms with Gasteiger partial charge in [0.1, 0.15) is 5.56 Å². The molecule has 0 atom stereocenters. The Hall–Kier alpha value is -2.55. The van der Waals surface area contributed by atoms with Crippen LogP contribution in [0.25, 0.3) is 0 Å². The Kier molecular flexibility index (Phi) is 4.57. The largest absolute Gasteiger partial charge is 0.494 e. The predicted octanol–water partition coefficient (Wildman–Crippen LogP) is 2.21. The maximum Gasteiger partial charge on any atom is 0.416 e. The number of hydrogen-bond acceptors (Lipinski definition) is 4. The standard InChI is InChI=1S/C14H11ClF3N3O3/c1-20-11(22)8(12(23)21(2)13(20)24)6-19-10-4-3-7(5-9(10)15)14(16,17)18/h3-6,22H,1-2H3. The second-order valence-corrected chi connectivity index (χ2v) is 5.27. The van der Waals surface area contributed by atoms with Gasteiger partial charge in [0.25, 0.3) is 5.56 Å². The molecule has 1 N–H and O–H groups in total. The van der Waals surface area contributed by atoms with Crippen LogP contribution in [0.5, 0.6) is 5.88 Å². The average molecular weight is 362 g/mol. The van der Waals surface area contributed by atoms with Crippen molar-refractivity contribution in [3.63, 3.8) is 0 Å². The monoisotopic (exact) mass is 361 g/mol. The van der Waals surface area contributed by atoms with Crippen molar-refractivity contribution >= 4 is 23.5 Å². The lowest BCUT2D eigenvalue weighted by Gasteiger charge is -2.08. The third-order valence-corrected chi connectivity index (χ3v) is 3.58. The Morgan fingerprint density at radius 2 is 1.83 bits per heavy atom. The van der Waals surface area contributed by atoms with Crippen molar-refractivity contribution in [1.29, 1.82) is 0 Å². The van der Waals surface area contributed by atoms with Crippen LogP contribution in [0.2, 0.25) is 5.02 Å². The molecule has 2 aromatic rings. The number of hydrogen-bond donors (Lipinski definition) is 1. The zero-order chi connectivity index (χ0) is 18.2. The second-order valence-electron chi connectivity index (χ2n) is 4.87. The van der Waals surface area contributed by atoms with Crippen LogP contribution < -0.4 is 11.2 Å². The Balaban J connectivity index is 2.50. The van der Waals surface area contributed by atoms with Crippen molar-refractivity contribution in [2.24, 2.45) is 19.1 Å². The van der Waals surface area contributed by atoms with E-state index >= 15 is 0 Å². The number of nitrogens with zero attached hydrogens (tertiary/aromatic N) is 3. The average Bonchev–Trinajstić information content (AvgIpc) is 2.51. The molecule has 24 heavy (non-hydrogen) atoms. The molecule has 0 aliphatic rings. The summed E-state index contributed by atoms with van der Waals surface area (Å²) in [6.45, 7) is 0. The lowest BCUT2D eigenvalue weighted by molar-refractivity contribution is -0.137. The molecule has 1 aromatic carbocycles. The molecule has 1 heterocycles. The SMILES string of the molecule is Cn1c(O)c(C=Nc2ccc(C(F)(F)F)cc2Cl)c(=O)n(C)c1=O. The van der Waals surface area contributed by atoms with Crippen molar-refractivity contribution in [2.75, 3.05) is 0 Å². The third kappa shape index (κ3) is 3.21. The van der Waals surface area contributed by atoms with E-state index in [9.17, 15) is 27.9 Å². The van der Waals surface area contributed by atoms with Gasteiger partial charge >= 0.3 is 11.9 Å². The molecule has 0 aliphatic carbocycles. The summed E-state index contributed by atoms with van der Waals surface area (Å²) in [4.78, 5) is 27.4. The lowest BCUT2D eigenvalue weighted by atomic mass is 10.2. The minimum Gasteiger partial charge on any atom is -0.494 e. The molecule has 0 bridgehead atoms. The molecule has 0 saturated heterocycles. The predicted molar refractivity (Wildman–Crippen MR) is 82.3 cm³/mol. The van der Waals surface area contributed by atoms with Gasteiger partial charge in [-0.15, -0.1) is 0 Å². The van der Waals surface area contributed by atoms with Crippen LogP contribution in [0.3, 0.4) is 0 Å². The quantitative estimate of drug-likeness (QED) is 0.833. The first-order chi connectivity index (χ1) is 11.0. The minimum atomic E-state index is -4.54. The van der Waals surface area contributed by atoms with E-state index in [0.717, 1.165) is 27.5 Å². The molecule has 6 nitrogen and oxygen atoms in total. The number of rotatable bonds is 2. The molecule has 0 saturated carbocycles. The van der Waals surface area contributed by atoms with Crippen LogP contribution in [0.4, 0.5) is 18.9 Å². The fourth-order valence-electron chi connectivity index (χ4n) is 1.89. The summed E-state index contributed by atoms with van der Waals surface area (Å²) in [5, 5.41) is 9.58. The Morgan fingerprint density at radius 3 is 2.38 bits per heavy atom. The van der Waals surface area contributed by atoms with Gasteiger partial charge in [-0.25, -0.2) is 4.79 Å². The number of aromatic hydroxyl groups is 1. The highest BCUT2D eigenvalue weighted by atomic mass is 35.5. The molecule has 2 rings (SSSR count). The molecule has 0 aliphatic heterocycles. The normalized spacial score (nSPS) is 12.1. The highest BCUT2D eigenvalue weighted by molar-refractivity contribution is 6.33. The van der Waals surface area contributed by atoms with Crippen molar-refractivity contribution in [3.8, 4) is 5.88 Å². The van der Waals surface area contributed by atoms with Crippen LogP contribution in [-0.4, -0.2) is 20.5 Å². The van der Waals surface area contributed by atoms with Crippen molar-refractivity contribution in [2.45, 2.75) is 6.18 Å². The number of alkyl halides is 3. The molecule has 1 aromatic heterocycles. The van der Waals surface area contributed by atoms with Gasteiger partial charge in [-0.05, 0) is 18.2 Å². The maximum absolute atomic E-state index is 12.6. The van der Waals surface area contributed by atoms with Gasteiger partial charge in [-0.1, -0.05) is 11.6 Å². The fraction of sp³-hybridized carbons (Fsp3) is 0.214. The third-order valence-electron chi connectivity index (χ3n) is 3.28.